The summed E-state index contributed by atoms with van der Waals surface area (Å²) in [6.07, 6.45) is 5.58. The molecular weight excluding hydrogens is 308 g/mol. The van der Waals surface area contributed by atoms with Gasteiger partial charge in [0.05, 0.1) is 10.7 Å². The molecule has 0 bridgehead atoms. The van der Waals surface area contributed by atoms with Crippen LogP contribution in [-0.2, 0) is 17.6 Å². The Morgan fingerprint density at radius 3 is 2.91 bits per heavy atom. The second-order valence-electron chi connectivity index (χ2n) is 6.08. The summed E-state index contributed by atoms with van der Waals surface area (Å²) in [5.41, 5.74) is 1.18. The number of aryl methyl sites for hydroxylation is 1. The van der Waals surface area contributed by atoms with Gasteiger partial charge in [-0.1, -0.05) is 6.92 Å². The second-order valence-corrected chi connectivity index (χ2v) is 7.02. The quantitative estimate of drug-likeness (QED) is 0.613. The molecule has 1 N–H and O–H groups in total. The number of hydrogen-bond acceptors (Lipinski definition) is 4. The Bertz CT molecular complexity index is 483. The first-order chi connectivity index (χ1) is 11.2. The minimum absolute atomic E-state index is 0.798. The Morgan fingerprint density at radius 2 is 2.26 bits per heavy atom. The number of nitrogens with one attached hydrogen (secondary N) is 1. The fraction of sp³-hybridized carbons (Fsp3) is 0.765. The maximum atomic E-state index is 5.43. The van der Waals surface area contributed by atoms with Crippen molar-refractivity contribution in [2.24, 2.45) is 10.9 Å². The lowest BCUT2D eigenvalue weighted by atomic mass is 9.96. The molecule has 1 aromatic heterocycles. The molecule has 0 atom stereocenters. The number of aromatic nitrogens is 1. The van der Waals surface area contributed by atoms with Crippen LogP contribution in [0.5, 0.6) is 0 Å². The first-order valence-corrected chi connectivity index (χ1v) is 9.53. The van der Waals surface area contributed by atoms with Crippen molar-refractivity contribution in [3.8, 4) is 0 Å². The van der Waals surface area contributed by atoms with Crippen molar-refractivity contribution in [1.82, 2.24) is 15.2 Å². The lowest BCUT2D eigenvalue weighted by molar-refractivity contribution is 0.0625. The number of ether oxygens (including phenoxy) is 1. The molecule has 1 aliphatic heterocycles. The maximum Gasteiger partial charge on any atom is 0.193 e. The molecule has 0 aliphatic carbocycles. The van der Waals surface area contributed by atoms with E-state index in [1.807, 2.05) is 7.05 Å². The molecule has 5 nitrogen and oxygen atoms in total. The van der Waals surface area contributed by atoms with Crippen LogP contribution < -0.4 is 5.32 Å². The van der Waals surface area contributed by atoms with Crippen molar-refractivity contribution in [1.29, 1.82) is 0 Å². The van der Waals surface area contributed by atoms with Crippen LogP contribution in [0.3, 0.4) is 0 Å². The number of guanidine groups is 1. The third-order valence-corrected chi connectivity index (χ3v) is 5.39. The molecular formula is C17H30N4OS. The molecule has 1 aromatic rings. The topological polar surface area (TPSA) is 49.8 Å². The van der Waals surface area contributed by atoms with E-state index in [4.69, 9.17) is 4.74 Å². The van der Waals surface area contributed by atoms with E-state index in [2.05, 4.69) is 39.5 Å². The normalized spacial score (nSPS) is 16.6. The highest BCUT2D eigenvalue weighted by atomic mass is 32.1. The smallest absolute Gasteiger partial charge is 0.193 e. The molecule has 0 saturated carbocycles. The number of nitrogens with zero attached hydrogens (tertiary/aromatic N) is 3. The number of thiazole rings is 1. The first-order valence-electron chi connectivity index (χ1n) is 8.65. The Hall–Kier alpha value is -1.14. The molecule has 2 rings (SSSR count). The van der Waals surface area contributed by atoms with Gasteiger partial charge in [0.15, 0.2) is 5.96 Å². The molecule has 0 aromatic carbocycles. The molecule has 0 amide bonds. The number of aliphatic imine (C=N–C) groups is 1. The molecule has 6 heteroatoms. The lowest BCUT2D eigenvalue weighted by Crippen LogP contribution is -2.40. The number of hydrogen-bond donors (Lipinski definition) is 1. The Kier molecular flexibility index (Phi) is 7.82. The largest absolute Gasteiger partial charge is 0.381 e. The van der Waals surface area contributed by atoms with Crippen LogP contribution in [0.4, 0.5) is 0 Å². The van der Waals surface area contributed by atoms with Gasteiger partial charge in [-0.3, -0.25) is 4.99 Å². The summed E-state index contributed by atoms with van der Waals surface area (Å²) in [6, 6.07) is 0. The van der Waals surface area contributed by atoms with E-state index in [1.165, 1.54) is 30.0 Å². The van der Waals surface area contributed by atoms with E-state index in [0.29, 0.717) is 0 Å². The monoisotopic (exact) mass is 338 g/mol. The molecule has 1 saturated heterocycles. The first kappa shape index (κ1) is 18.2. The standard InChI is InChI=1S/C17H30N4OS/c1-4-16-20-15(13-23-16)5-9-19-17(18-2)21(3)10-6-14-7-11-22-12-8-14/h13-14H,4-12H2,1-3H3,(H,18,19). The van der Waals surface area contributed by atoms with Crippen LogP contribution in [-0.4, -0.2) is 56.2 Å². The minimum atomic E-state index is 0.798. The van der Waals surface area contributed by atoms with E-state index in [-0.39, 0.29) is 0 Å². The zero-order valence-corrected chi connectivity index (χ0v) is 15.5. The summed E-state index contributed by atoms with van der Waals surface area (Å²) in [7, 11) is 3.97. The average Bonchev–Trinajstić information content (AvgIpc) is 3.05. The molecule has 2 heterocycles. The van der Waals surface area contributed by atoms with E-state index in [0.717, 1.165) is 51.0 Å². The zero-order chi connectivity index (χ0) is 16.5. The molecule has 0 radical (unpaired) electrons. The summed E-state index contributed by atoms with van der Waals surface area (Å²) in [6.45, 7) is 5.92. The van der Waals surface area contributed by atoms with Gasteiger partial charge in [0.1, 0.15) is 0 Å². The van der Waals surface area contributed by atoms with Gasteiger partial charge in [-0.15, -0.1) is 11.3 Å². The van der Waals surface area contributed by atoms with E-state index in [9.17, 15) is 0 Å². The molecule has 23 heavy (non-hydrogen) atoms. The molecule has 1 fully saturated rings. The molecule has 0 spiro atoms. The maximum absolute atomic E-state index is 5.43. The van der Waals surface area contributed by atoms with Gasteiger partial charge in [0.25, 0.3) is 0 Å². The zero-order valence-electron chi connectivity index (χ0n) is 14.7. The summed E-state index contributed by atoms with van der Waals surface area (Å²) >= 11 is 1.75. The van der Waals surface area contributed by atoms with Gasteiger partial charge in [-0.25, -0.2) is 4.98 Å². The van der Waals surface area contributed by atoms with E-state index < -0.39 is 0 Å². The summed E-state index contributed by atoms with van der Waals surface area (Å²) in [5, 5.41) is 6.83. The Morgan fingerprint density at radius 1 is 1.48 bits per heavy atom. The summed E-state index contributed by atoms with van der Waals surface area (Å²) in [4.78, 5) is 11.2. The molecule has 0 unspecified atom stereocenters. The second kappa shape index (κ2) is 9.88. The van der Waals surface area contributed by atoms with Crippen LogP contribution in [0.2, 0.25) is 0 Å². The van der Waals surface area contributed by atoms with Crippen molar-refractivity contribution in [3.63, 3.8) is 0 Å². The van der Waals surface area contributed by atoms with Crippen molar-refractivity contribution < 1.29 is 4.74 Å². The van der Waals surface area contributed by atoms with Crippen LogP contribution in [0.15, 0.2) is 10.4 Å². The Balaban J connectivity index is 1.68. The Labute approximate surface area is 144 Å². The third kappa shape index (κ3) is 6.11. The van der Waals surface area contributed by atoms with Gasteiger partial charge in [-0.2, -0.15) is 0 Å². The highest BCUT2D eigenvalue weighted by Gasteiger charge is 2.15. The fourth-order valence-electron chi connectivity index (χ4n) is 2.83. The highest BCUT2D eigenvalue weighted by molar-refractivity contribution is 7.09. The van der Waals surface area contributed by atoms with Gasteiger partial charge < -0.3 is 15.0 Å². The molecule has 130 valence electrons. The predicted octanol–water partition coefficient (Wildman–Crippen LogP) is 2.57. The van der Waals surface area contributed by atoms with Gasteiger partial charge in [-0.05, 0) is 31.6 Å². The van der Waals surface area contributed by atoms with Gasteiger partial charge in [0, 0.05) is 52.2 Å². The van der Waals surface area contributed by atoms with Crippen molar-refractivity contribution in [2.45, 2.75) is 39.0 Å². The van der Waals surface area contributed by atoms with Crippen LogP contribution in [0.1, 0.15) is 36.9 Å². The average molecular weight is 339 g/mol. The molecule has 1 aliphatic rings. The van der Waals surface area contributed by atoms with Crippen LogP contribution in [0.25, 0.3) is 0 Å². The highest BCUT2D eigenvalue weighted by Crippen LogP contribution is 2.18. The van der Waals surface area contributed by atoms with Crippen LogP contribution in [0, 0.1) is 5.92 Å². The van der Waals surface area contributed by atoms with Crippen molar-refractivity contribution >= 4 is 17.3 Å². The minimum Gasteiger partial charge on any atom is -0.381 e. The van der Waals surface area contributed by atoms with Gasteiger partial charge >= 0.3 is 0 Å². The van der Waals surface area contributed by atoms with E-state index >= 15 is 0 Å². The van der Waals surface area contributed by atoms with E-state index in [1.54, 1.807) is 11.3 Å². The lowest BCUT2D eigenvalue weighted by Gasteiger charge is -2.26. The van der Waals surface area contributed by atoms with Gasteiger partial charge in [0.2, 0.25) is 0 Å². The summed E-state index contributed by atoms with van der Waals surface area (Å²) in [5.74, 6) is 1.77. The third-order valence-electron chi connectivity index (χ3n) is 4.35. The van der Waals surface area contributed by atoms with Crippen LogP contribution >= 0.6 is 11.3 Å². The number of rotatable bonds is 7. The fourth-order valence-corrected chi connectivity index (χ4v) is 3.61. The predicted molar refractivity (Wildman–Crippen MR) is 97.3 cm³/mol. The SMILES string of the molecule is CCc1nc(CCNC(=NC)N(C)CCC2CCOCC2)cs1. The van der Waals surface area contributed by atoms with Crippen molar-refractivity contribution in [3.05, 3.63) is 16.1 Å². The summed E-state index contributed by atoms with van der Waals surface area (Å²) < 4.78 is 5.43. The van der Waals surface area contributed by atoms with Crippen molar-refractivity contribution in [2.75, 3.05) is 40.4 Å².